The van der Waals surface area contributed by atoms with Crippen LogP contribution in [0.1, 0.15) is 59.5 Å². The Morgan fingerprint density at radius 2 is 1.97 bits per heavy atom. The number of hydrogen-bond acceptors (Lipinski definition) is 7. The lowest BCUT2D eigenvalue weighted by Gasteiger charge is -2.21. The number of anilines is 1. The molecule has 1 aliphatic rings. The van der Waals surface area contributed by atoms with Crippen LogP contribution in [0.25, 0.3) is 0 Å². The Balaban J connectivity index is 1.66. The van der Waals surface area contributed by atoms with Crippen LogP contribution in [0.15, 0.2) is 29.2 Å². The topological polar surface area (TPSA) is 117 Å². The van der Waals surface area contributed by atoms with Crippen LogP contribution in [0.2, 0.25) is 0 Å². The van der Waals surface area contributed by atoms with Crippen LogP contribution in [-0.2, 0) is 32.4 Å². The molecule has 1 heterocycles. The lowest BCUT2D eigenvalue weighted by molar-refractivity contribution is -0.119. The number of aryl methyl sites for hydroxylation is 1. The van der Waals surface area contributed by atoms with Crippen LogP contribution < -0.4 is 5.32 Å². The summed E-state index contributed by atoms with van der Waals surface area (Å²) in [5.41, 5.74) is 1.53. The number of hydrogen-bond donors (Lipinski definition) is 1. The second-order valence-corrected chi connectivity index (χ2v) is 11.3. The van der Waals surface area contributed by atoms with Gasteiger partial charge in [0.15, 0.2) is 6.61 Å². The molecule has 0 unspecified atom stereocenters. The van der Waals surface area contributed by atoms with E-state index in [-0.39, 0.29) is 16.5 Å². The number of esters is 1. The molecule has 10 heteroatoms. The van der Waals surface area contributed by atoms with Crippen LogP contribution in [0.4, 0.5) is 5.00 Å². The van der Waals surface area contributed by atoms with Crippen molar-refractivity contribution in [1.82, 2.24) is 4.31 Å². The Kier molecular flexibility index (Phi) is 7.89. The summed E-state index contributed by atoms with van der Waals surface area (Å²) in [6.45, 7) is 2.95. The first-order valence-corrected chi connectivity index (χ1v) is 13.0. The van der Waals surface area contributed by atoms with Gasteiger partial charge in [0.2, 0.25) is 10.0 Å². The van der Waals surface area contributed by atoms with Gasteiger partial charge < -0.3 is 10.1 Å². The van der Waals surface area contributed by atoms with Gasteiger partial charge in [0.1, 0.15) is 11.1 Å². The van der Waals surface area contributed by atoms with Gasteiger partial charge in [-0.15, -0.1) is 11.3 Å². The average Bonchev–Trinajstić information content (AvgIpc) is 2.95. The van der Waals surface area contributed by atoms with Crippen LogP contribution in [-0.4, -0.2) is 44.3 Å². The molecule has 0 aliphatic heterocycles. The van der Waals surface area contributed by atoms with Crippen molar-refractivity contribution in [3.8, 4) is 6.07 Å². The Morgan fingerprint density at radius 3 is 2.67 bits per heavy atom. The van der Waals surface area contributed by atoms with E-state index in [4.69, 9.17) is 4.74 Å². The van der Waals surface area contributed by atoms with E-state index in [1.54, 1.807) is 13.8 Å². The van der Waals surface area contributed by atoms with Crippen molar-refractivity contribution in [2.75, 3.05) is 19.0 Å². The number of sulfonamides is 1. The number of amides is 1. The van der Waals surface area contributed by atoms with Gasteiger partial charge in [-0.1, -0.05) is 12.5 Å². The number of carbonyl (C=O) groups is 2. The normalized spacial score (nSPS) is 13.8. The molecule has 1 N–H and O–H groups in total. The van der Waals surface area contributed by atoms with Gasteiger partial charge in [0, 0.05) is 18.0 Å². The van der Waals surface area contributed by atoms with Crippen LogP contribution in [0.3, 0.4) is 0 Å². The summed E-state index contributed by atoms with van der Waals surface area (Å²) in [7, 11) is -2.29. The minimum atomic E-state index is -3.76. The molecule has 1 aromatic carbocycles. The maximum atomic E-state index is 12.7. The van der Waals surface area contributed by atoms with Crippen molar-refractivity contribution >= 4 is 38.2 Å². The first kappa shape index (κ1) is 24.9. The molecule has 1 aromatic heterocycles. The van der Waals surface area contributed by atoms with Gasteiger partial charge >= 0.3 is 5.97 Å². The summed E-state index contributed by atoms with van der Waals surface area (Å²) in [4.78, 5) is 25.9. The molecule has 1 aliphatic carbocycles. The predicted molar refractivity (Wildman–Crippen MR) is 126 cm³/mol. The fourth-order valence-corrected chi connectivity index (χ4v) is 6.22. The molecule has 0 bridgehead atoms. The minimum absolute atomic E-state index is 0.0292. The van der Waals surface area contributed by atoms with Crippen molar-refractivity contribution in [2.45, 2.75) is 56.9 Å². The maximum absolute atomic E-state index is 12.7. The van der Waals surface area contributed by atoms with Crippen molar-refractivity contribution in [3.63, 3.8) is 0 Å². The third-order valence-electron chi connectivity index (χ3n) is 5.59. The molecule has 0 fully saturated rings. The third kappa shape index (κ3) is 5.61. The highest BCUT2D eigenvalue weighted by Crippen LogP contribution is 2.36. The largest absolute Gasteiger partial charge is 0.452 e. The number of fused-ring (bicyclic) bond motifs is 1. The summed E-state index contributed by atoms with van der Waals surface area (Å²) < 4.78 is 31.6. The minimum Gasteiger partial charge on any atom is -0.452 e. The fourth-order valence-electron chi connectivity index (χ4n) is 3.55. The maximum Gasteiger partial charge on any atom is 0.338 e. The molecule has 176 valence electrons. The zero-order valence-electron chi connectivity index (χ0n) is 18.9. The number of nitriles is 1. The lowest BCUT2D eigenvalue weighted by atomic mass is 10.1. The fraction of sp³-hybridized carbons (Fsp3) is 0.435. The number of nitrogens with one attached hydrogen (secondary N) is 1. The van der Waals surface area contributed by atoms with E-state index in [1.165, 1.54) is 47.0 Å². The number of carbonyl (C=O) groups excluding carboxylic acids is 2. The van der Waals surface area contributed by atoms with Gasteiger partial charge in [0.05, 0.1) is 16.0 Å². The summed E-state index contributed by atoms with van der Waals surface area (Å²) in [6, 6.07) is 7.46. The van der Waals surface area contributed by atoms with Crippen LogP contribution >= 0.6 is 11.3 Å². The van der Waals surface area contributed by atoms with Gasteiger partial charge in [-0.2, -0.15) is 9.57 Å². The molecular formula is C23H27N3O5S2. The highest BCUT2D eigenvalue weighted by Gasteiger charge is 2.25. The quantitative estimate of drug-likeness (QED) is 0.468. The van der Waals surface area contributed by atoms with Crippen molar-refractivity contribution in [2.24, 2.45) is 0 Å². The van der Waals surface area contributed by atoms with Gasteiger partial charge in [0.25, 0.3) is 5.91 Å². The second kappa shape index (κ2) is 10.5. The van der Waals surface area contributed by atoms with Gasteiger partial charge in [-0.05, 0) is 63.3 Å². The SMILES string of the molecule is CC(C)N(C)S(=O)(=O)c1cccc(C(=O)OCC(=O)Nc2sc3c(c2C#N)CCCCC3)c1. The lowest BCUT2D eigenvalue weighted by Crippen LogP contribution is -2.33. The number of thiophene rings is 1. The standard InChI is InChI=1S/C23H27N3O5S2/c1-15(2)26(3)33(29,30)17-9-7-8-16(12-17)23(28)31-14-21(27)25-22-19(13-24)18-10-5-4-6-11-20(18)32-22/h7-9,12,15H,4-6,10-11,14H2,1-3H3,(H,25,27). The summed E-state index contributed by atoms with van der Waals surface area (Å²) in [5.74, 6) is -1.36. The molecule has 33 heavy (non-hydrogen) atoms. The molecule has 8 nitrogen and oxygen atoms in total. The van der Waals surface area contributed by atoms with Crippen molar-refractivity contribution in [3.05, 3.63) is 45.8 Å². The zero-order valence-corrected chi connectivity index (χ0v) is 20.5. The number of rotatable bonds is 7. The molecule has 0 saturated heterocycles. The average molecular weight is 490 g/mol. The van der Waals surface area contributed by atoms with Crippen molar-refractivity contribution in [1.29, 1.82) is 5.26 Å². The van der Waals surface area contributed by atoms with Gasteiger partial charge in [-0.25, -0.2) is 13.2 Å². The zero-order chi connectivity index (χ0) is 24.2. The van der Waals surface area contributed by atoms with E-state index < -0.39 is 28.5 Å². The Labute approximate surface area is 198 Å². The molecule has 2 aromatic rings. The first-order valence-electron chi connectivity index (χ1n) is 10.7. The molecular weight excluding hydrogens is 462 g/mol. The summed E-state index contributed by atoms with van der Waals surface area (Å²) >= 11 is 1.40. The Morgan fingerprint density at radius 1 is 1.24 bits per heavy atom. The molecule has 1 amide bonds. The van der Waals surface area contributed by atoms with Crippen molar-refractivity contribution < 1.29 is 22.7 Å². The van der Waals surface area contributed by atoms with E-state index in [9.17, 15) is 23.3 Å². The first-order chi connectivity index (χ1) is 15.6. The van der Waals surface area contributed by atoms with E-state index in [0.29, 0.717) is 10.6 Å². The summed E-state index contributed by atoms with van der Waals surface area (Å²) in [5, 5.41) is 12.7. The molecule has 0 saturated carbocycles. The van der Waals surface area contributed by atoms with E-state index in [0.717, 1.165) is 42.5 Å². The number of nitrogens with zero attached hydrogens (tertiary/aromatic N) is 2. The van der Waals surface area contributed by atoms with E-state index in [1.807, 2.05) is 0 Å². The monoisotopic (exact) mass is 489 g/mol. The highest BCUT2D eigenvalue weighted by molar-refractivity contribution is 7.89. The molecule has 0 atom stereocenters. The smallest absolute Gasteiger partial charge is 0.338 e. The second-order valence-electron chi connectivity index (χ2n) is 8.15. The van der Waals surface area contributed by atoms with Crippen LogP contribution in [0.5, 0.6) is 0 Å². The Bertz CT molecular complexity index is 1200. The van der Waals surface area contributed by atoms with Crippen LogP contribution in [0, 0.1) is 11.3 Å². The predicted octanol–water partition coefficient (Wildman–Crippen LogP) is 3.71. The highest BCUT2D eigenvalue weighted by atomic mass is 32.2. The molecule has 0 spiro atoms. The number of ether oxygens (including phenoxy) is 1. The third-order valence-corrected chi connectivity index (χ3v) is 8.83. The number of benzene rings is 1. The van der Waals surface area contributed by atoms with Gasteiger partial charge in [-0.3, -0.25) is 4.79 Å². The molecule has 3 rings (SSSR count). The van der Waals surface area contributed by atoms with E-state index >= 15 is 0 Å². The van der Waals surface area contributed by atoms with E-state index in [2.05, 4.69) is 11.4 Å². The Hall–Kier alpha value is -2.74. The molecule has 0 radical (unpaired) electrons. The summed E-state index contributed by atoms with van der Waals surface area (Å²) in [6.07, 6.45) is 4.92.